The molecule has 2 fully saturated rings. The Morgan fingerprint density at radius 2 is 1.89 bits per heavy atom. The molecular weight excluding hydrogens is 353 g/mol. The second-order valence-corrected chi connectivity index (χ2v) is 7.91. The molecule has 0 N–H and O–H groups in total. The summed E-state index contributed by atoms with van der Waals surface area (Å²) >= 11 is 0. The van der Waals surface area contributed by atoms with E-state index in [0.29, 0.717) is 0 Å². The minimum Gasteiger partial charge on any atom is -0.337 e. The molecule has 5 rings (SSSR count). The lowest BCUT2D eigenvalue weighted by Gasteiger charge is -2.50. The largest absolute Gasteiger partial charge is 0.337 e. The average Bonchev–Trinajstić information content (AvgIpc) is 3.20. The fourth-order valence-corrected chi connectivity index (χ4v) is 4.53. The molecule has 28 heavy (non-hydrogen) atoms. The Morgan fingerprint density at radius 3 is 2.68 bits per heavy atom. The SMILES string of the molecule is O=C(c1ccc2ncccc2c1)N1CCC2(CCN2Cc2ccc(F)cc2)C1. The third-order valence-electron chi connectivity index (χ3n) is 6.27. The van der Waals surface area contributed by atoms with Crippen molar-refractivity contribution in [3.05, 3.63) is 77.7 Å². The monoisotopic (exact) mass is 375 g/mol. The first kappa shape index (κ1) is 17.3. The van der Waals surface area contributed by atoms with Crippen molar-refractivity contribution in [3.63, 3.8) is 0 Å². The average molecular weight is 375 g/mol. The van der Waals surface area contributed by atoms with Gasteiger partial charge in [-0.05, 0) is 54.8 Å². The first-order valence-electron chi connectivity index (χ1n) is 9.77. The van der Waals surface area contributed by atoms with Gasteiger partial charge in [0, 0.05) is 48.9 Å². The van der Waals surface area contributed by atoms with E-state index in [4.69, 9.17) is 0 Å². The summed E-state index contributed by atoms with van der Waals surface area (Å²) in [5.41, 5.74) is 2.82. The Bertz CT molecular complexity index is 1040. The highest BCUT2D eigenvalue weighted by atomic mass is 19.1. The van der Waals surface area contributed by atoms with Gasteiger partial charge in [0.2, 0.25) is 0 Å². The Balaban J connectivity index is 1.30. The third kappa shape index (κ3) is 2.96. The predicted octanol–water partition coefficient (Wildman–Crippen LogP) is 3.86. The van der Waals surface area contributed by atoms with Crippen LogP contribution < -0.4 is 0 Å². The highest BCUT2D eigenvalue weighted by molar-refractivity contribution is 5.98. The Kier molecular flexibility index (Phi) is 4.13. The van der Waals surface area contributed by atoms with Gasteiger partial charge >= 0.3 is 0 Å². The van der Waals surface area contributed by atoms with Crippen LogP contribution in [0.1, 0.15) is 28.8 Å². The summed E-state index contributed by atoms with van der Waals surface area (Å²) in [5.74, 6) is -0.110. The van der Waals surface area contributed by atoms with Crippen LogP contribution in [0.4, 0.5) is 4.39 Å². The normalized spacial score (nSPS) is 22.0. The number of halogens is 1. The van der Waals surface area contributed by atoms with Gasteiger partial charge in [-0.15, -0.1) is 0 Å². The molecule has 1 amide bonds. The number of aromatic nitrogens is 1. The Morgan fingerprint density at radius 1 is 1.07 bits per heavy atom. The molecule has 2 aromatic carbocycles. The number of likely N-dealkylation sites (tertiary alicyclic amines) is 2. The summed E-state index contributed by atoms with van der Waals surface area (Å²) in [6.07, 6.45) is 3.87. The molecular formula is C23H22FN3O. The van der Waals surface area contributed by atoms with Crippen molar-refractivity contribution in [2.24, 2.45) is 0 Å². The highest BCUT2D eigenvalue weighted by Crippen LogP contribution is 2.40. The molecule has 1 atom stereocenters. The molecule has 1 unspecified atom stereocenters. The van der Waals surface area contributed by atoms with Crippen LogP contribution in [0, 0.1) is 5.82 Å². The second kappa shape index (κ2) is 6.67. The van der Waals surface area contributed by atoms with Crippen LogP contribution in [0.3, 0.4) is 0 Å². The van der Waals surface area contributed by atoms with Crippen molar-refractivity contribution < 1.29 is 9.18 Å². The second-order valence-electron chi connectivity index (χ2n) is 7.91. The minimum atomic E-state index is -0.203. The summed E-state index contributed by atoms with van der Waals surface area (Å²) in [7, 11) is 0. The van der Waals surface area contributed by atoms with Gasteiger partial charge in [-0.25, -0.2) is 4.39 Å². The van der Waals surface area contributed by atoms with E-state index in [9.17, 15) is 9.18 Å². The number of amides is 1. The van der Waals surface area contributed by atoms with E-state index >= 15 is 0 Å². The molecule has 1 spiro atoms. The van der Waals surface area contributed by atoms with Gasteiger partial charge in [0.1, 0.15) is 5.82 Å². The van der Waals surface area contributed by atoms with Crippen LogP contribution in [-0.2, 0) is 6.54 Å². The molecule has 2 aliphatic rings. The van der Waals surface area contributed by atoms with E-state index in [1.165, 1.54) is 12.1 Å². The van der Waals surface area contributed by atoms with Crippen molar-refractivity contribution in [2.45, 2.75) is 24.9 Å². The third-order valence-corrected chi connectivity index (χ3v) is 6.27. The van der Waals surface area contributed by atoms with Crippen LogP contribution >= 0.6 is 0 Å². The molecule has 2 saturated heterocycles. The lowest BCUT2D eigenvalue weighted by atomic mass is 9.83. The number of hydrogen-bond donors (Lipinski definition) is 0. The summed E-state index contributed by atoms with van der Waals surface area (Å²) < 4.78 is 13.2. The molecule has 3 heterocycles. The first-order valence-corrected chi connectivity index (χ1v) is 9.77. The number of pyridine rings is 1. The molecule has 0 radical (unpaired) electrons. The lowest BCUT2D eigenvalue weighted by molar-refractivity contribution is -0.0131. The molecule has 2 aliphatic heterocycles. The molecule has 0 aliphatic carbocycles. The Labute approximate surface area is 163 Å². The molecule has 3 aromatic rings. The van der Waals surface area contributed by atoms with Gasteiger partial charge in [-0.3, -0.25) is 14.7 Å². The van der Waals surface area contributed by atoms with E-state index in [1.807, 2.05) is 47.4 Å². The number of rotatable bonds is 3. The van der Waals surface area contributed by atoms with Gasteiger partial charge in [0.15, 0.2) is 0 Å². The van der Waals surface area contributed by atoms with Crippen LogP contribution in [0.25, 0.3) is 10.9 Å². The van der Waals surface area contributed by atoms with Crippen molar-refractivity contribution in [1.29, 1.82) is 0 Å². The van der Waals surface area contributed by atoms with Crippen molar-refractivity contribution in [3.8, 4) is 0 Å². The molecule has 4 nitrogen and oxygen atoms in total. The van der Waals surface area contributed by atoms with E-state index in [2.05, 4.69) is 9.88 Å². The smallest absolute Gasteiger partial charge is 0.253 e. The topological polar surface area (TPSA) is 36.4 Å². The number of carbonyl (C=O) groups is 1. The maximum atomic E-state index is 13.2. The first-order chi connectivity index (χ1) is 13.6. The fraction of sp³-hybridized carbons (Fsp3) is 0.304. The maximum absolute atomic E-state index is 13.2. The predicted molar refractivity (Wildman–Crippen MR) is 106 cm³/mol. The van der Waals surface area contributed by atoms with Crippen molar-refractivity contribution >= 4 is 16.8 Å². The summed E-state index contributed by atoms with van der Waals surface area (Å²) in [4.78, 5) is 21.8. The van der Waals surface area contributed by atoms with Crippen molar-refractivity contribution in [1.82, 2.24) is 14.8 Å². The summed E-state index contributed by atoms with van der Waals surface area (Å²) in [6.45, 7) is 3.38. The lowest BCUT2D eigenvalue weighted by Crippen LogP contribution is -2.60. The zero-order valence-electron chi connectivity index (χ0n) is 15.6. The number of hydrogen-bond acceptors (Lipinski definition) is 3. The van der Waals surface area contributed by atoms with Gasteiger partial charge in [-0.1, -0.05) is 18.2 Å². The van der Waals surface area contributed by atoms with Crippen LogP contribution in [0.5, 0.6) is 0 Å². The number of carbonyl (C=O) groups excluding carboxylic acids is 1. The molecule has 1 aromatic heterocycles. The van der Waals surface area contributed by atoms with Gasteiger partial charge in [0.05, 0.1) is 5.52 Å². The molecule has 0 bridgehead atoms. The van der Waals surface area contributed by atoms with Gasteiger partial charge < -0.3 is 4.90 Å². The summed E-state index contributed by atoms with van der Waals surface area (Å²) in [5, 5.41) is 0.990. The quantitative estimate of drug-likeness (QED) is 0.697. The molecule has 0 saturated carbocycles. The van der Waals surface area contributed by atoms with E-state index in [1.54, 1.807) is 6.20 Å². The summed E-state index contributed by atoms with van der Waals surface area (Å²) in [6, 6.07) is 16.3. The van der Waals surface area contributed by atoms with Gasteiger partial charge in [0.25, 0.3) is 5.91 Å². The fourth-order valence-electron chi connectivity index (χ4n) is 4.53. The van der Waals surface area contributed by atoms with E-state index in [-0.39, 0.29) is 17.3 Å². The molecule has 5 heteroatoms. The van der Waals surface area contributed by atoms with E-state index in [0.717, 1.165) is 61.1 Å². The van der Waals surface area contributed by atoms with Crippen LogP contribution in [0.2, 0.25) is 0 Å². The maximum Gasteiger partial charge on any atom is 0.253 e. The minimum absolute atomic E-state index is 0.0719. The van der Waals surface area contributed by atoms with Crippen LogP contribution in [0.15, 0.2) is 60.8 Å². The number of nitrogens with zero attached hydrogens (tertiary/aromatic N) is 3. The number of benzene rings is 2. The Hall–Kier alpha value is -2.79. The van der Waals surface area contributed by atoms with Crippen molar-refractivity contribution in [2.75, 3.05) is 19.6 Å². The zero-order valence-corrected chi connectivity index (χ0v) is 15.6. The zero-order chi connectivity index (χ0) is 19.1. The van der Waals surface area contributed by atoms with Gasteiger partial charge in [-0.2, -0.15) is 0 Å². The van der Waals surface area contributed by atoms with Crippen LogP contribution in [-0.4, -0.2) is 45.9 Å². The van der Waals surface area contributed by atoms with E-state index < -0.39 is 0 Å². The highest BCUT2D eigenvalue weighted by Gasteiger charge is 2.49. The number of fused-ring (bicyclic) bond motifs is 1. The molecule has 142 valence electrons. The standard InChI is InChI=1S/C23H22FN3O/c24-20-6-3-17(4-7-20)15-27-13-10-23(27)9-12-26(16-23)22(28)19-5-8-21-18(14-19)2-1-11-25-21/h1-8,11,14H,9-10,12-13,15-16H2.